The Kier molecular flexibility index (Phi) is 2.45. The minimum Gasteiger partial charge on any atom is -0.287 e. The first-order chi connectivity index (χ1) is 8.63. The number of aromatic nitrogens is 3. The molecule has 3 aromatic rings. The summed E-state index contributed by atoms with van der Waals surface area (Å²) in [4.78, 5) is 1.36. The molecule has 0 N–H and O–H groups in total. The normalized spacial score (nSPS) is 11.0. The van der Waals surface area contributed by atoms with Crippen molar-refractivity contribution in [3.05, 3.63) is 47.0 Å². The van der Waals surface area contributed by atoms with Crippen molar-refractivity contribution >= 4 is 22.6 Å². The van der Waals surface area contributed by atoms with Crippen LogP contribution in [-0.2, 0) is 5.11 Å². The molecule has 89 valence electrons. The second kappa shape index (κ2) is 3.99. The molecule has 0 aliphatic rings. The molecule has 0 unspecified atom stereocenters. The number of benzene rings is 2. The first-order valence-electron chi connectivity index (χ1n) is 5.44. The third kappa shape index (κ3) is 1.80. The van der Waals surface area contributed by atoms with Crippen molar-refractivity contribution in [2.45, 2.75) is 6.92 Å². The quantitative estimate of drug-likeness (QED) is 0.670. The van der Waals surface area contributed by atoms with Crippen LogP contribution < -0.4 is 0 Å². The first kappa shape index (κ1) is 11.0. The molecule has 0 bridgehead atoms. The third-order valence-electron chi connectivity index (χ3n) is 2.67. The summed E-state index contributed by atoms with van der Waals surface area (Å²) in [5.74, 6) is -0.105. The summed E-state index contributed by atoms with van der Waals surface area (Å²) in [7, 11) is 0. The van der Waals surface area contributed by atoms with Gasteiger partial charge in [0.1, 0.15) is 16.7 Å². The standard InChI is InChI=1S/C13H9ClN3O/c1-8-2-5-13(18)12(6-8)17-15-10-4-3-9(14)7-11(10)16-17/h2-7H,1H3. The maximum atomic E-state index is 11.8. The fourth-order valence-corrected chi connectivity index (χ4v) is 1.95. The van der Waals surface area contributed by atoms with Crippen LogP contribution in [0, 0.1) is 6.92 Å². The summed E-state index contributed by atoms with van der Waals surface area (Å²) >= 11 is 5.89. The number of halogens is 1. The van der Waals surface area contributed by atoms with Gasteiger partial charge in [-0.2, -0.15) is 0 Å². The van der Waals surface area contributed by atoms with Gasteiger partial charge in [-0.1, -0.05) is 17.7 Å². The average Bonchev–Trinajstić information content (AvgIpc) is 2.74. The SMILES string of the molecule is Cc1ccc([O])c(-n2nc3ccc(Cl)cc3n2)c1. The molecule has 0 fully saturated rings. The molecule has 1 radical (unpaired) electrons. The molecular weight excluding hydrogens is 250 g/mol. The smallest absolute Gasteiger partial charge is 0.206 e. The first-order valence-corrected chi connectivity index (χ1v) is 5.82. The highest BCUT2D eigenvalue weighted by Crippen LogP contribution is 2.24. The maximum Gasteiger partial charge on any atom is 0.206 e. The molecule has 5 heteroatoms. The summed E-state index contributed by atoms with van der Waals surface area (Å²) in [6.45, 7) is 1.92. The molecule has 0 amide bonds. The van der Waals surface area contributed by atoms with Gasteiger partial charge in [-0.25, -0.2) is 0 Å². The van der Waals surface area contributed by atoms with Crippen LogP contribution in [0.5, 0.6) is 5.75 Å². The lowest BCUT2D eigenvalue weighted by atomic mass is 10.2. The van der Waals surface area contributed by atoms with Gasteiger partial charge in [0.2, 0.25) is 5.75 Å². The zero-order valence-electron chi connectivity index (χ0n) is 9.59. The topological polar surface area (TPSA) is 50.6 Å². The minimum absolute atomic E-state index is 0.105. The number of rotatable bonds is 1. The lowest BCUT2D eigenvalue weighted by Gasteiger charge is -2.01. The van der Waals surface area contributed by atoms with Crippen molar-refractivity contribution in [1.82, 2.24) is 15.0 Å². The number of aryl methyl sites for hydroxylation is 1. The van der Waals surface area contributed by atoms with Gasteiger partial charge in [-0.3, -0.25) is 5.11 Å². The van der Waals surface area contributed by atoms with Gasteiger partial charge in [0.05, 0.1) is 0 Å². The molecule has 0 aliphatic carbocycles. The highest BCUT2D eigenvalue weighted by Gasteiger charge is 2.10. The highest BCUT2D eigenvalue weighted by molar-refractivity contribution is 6.31. The Labute approximate surface area is 108 Å². The number of hydrogen-bond donors (Lipinski definition) is 0. The molecule has 0 saturated carbocycles. The minimum atomic E-state index is -0.105. The zero-order valence-corrected chi connectivity index (χ0v) is 10.3. The molecule has 1 heterocycles. The highest BCUT2D eigenvalue weighted by atomic mass is 35.5. The Morgan fingerprint density at radius 3 is 2.67 bits per heavy atom. The van der Waals surface area contributed by atoms with E-state index in [0.29, 0.717) is 21.7 Å². The van der Waals surface area contributed by atoms with Gasteiger partial charge in [0, 0.05) is 5.02 Å². The zero-order chi connectivity index (χ0) is 12.7. The monoisotopic (exact) mass is 258 g/mol. The molecule has 3 rings (SSSR count). The lowest BCUT2D eigenvalue weighted by Crippen LogP contribution is -1.98. The van der Waals surface area contributed by atoms with Gasteiger partial charge in [0.25, 0.3) is 0 Å². The summed E-state index contributed by atoms with van der Waals surface area (Å²) in [6, 6.07) is 10.3. The Bertz CT molecular complexity index is 736. The predicted molar refractivity (Wildman–Crippen MR) is 68.7 cm³/mol. The fourth-order valence-electron chi connectivity index (χ4n) is 1.78. The van der Waals surface area contributed by atoms with Crippen LogP contribution in [-0.4, -0.2) is 15.0 Å². The molecule has 0 spiro atoms. The van der Waals surface area contributed by atoms with Crippen LogP contribution in [0.4, 0.5) is 0 Å². The van der Waals surface area contributed by atoms with Crippen LogP contribution in [0.2, 0.25) is 5.02 Å². The molecule has 18 heavy (non-hydrogen) atoms. The van der Waals surface area contributed by atoms with E-state index < -0.39 is 0 Å². The molecule has 0 atom stereocenters. The number of nitrogens with zero attached hydrogens (tertiary/aromatic N) is 3. The summed E-state index contributed by atoms with van der Waals surface area (Å²) in [5, 5.41) is 20.9. The van der Waals surface area contributed by atoms with E-state index >= 15 is 0 Å². The van der Waals surface area contributed by atoms with E-state index in [2.05, 4.69) is 10.2 Å². The molecular formula is C13H9ClN3O. The Hall–Kier alpha value is -2.07. The third-order valence-corrected chi connectivity index (χ3v) is 2.91. The van der Waals surface area contributed by atoms with Crippen LogP contribution in [0.1, 0.15) is 5.56 Å². The molecule has 0 saturated heterocycles. The van der Waals surface area contributed by atoms with Gasteiger partial charge in [-0.05, 0) is 42.8 Å². The van der Waals surface area contributed by atoms with E-state index in [4.69, 9.17) is 11.6 Å². The van der Waals surface area contributed by atoms with E-state index in [9.17, 15) is 5.11 Å². The van der Waals surface area contributed by atoms with E-state index in [1.165, 1.54) is 10.9 Å². The Morgan fingerprint density at radius 2 is 1.83 bits per heavy atom. The fraction of sp³-hybridized carbons (Fsp3) is 0.0769. The van der Waals surface area contributed by atoms with Crippen LogP contribution >= 0.6 is 11.6 Å². The van der Waals surface area contributed by atoms with Gasteiger partial charge in [-0.15, -0.1) is 15.0 Å². The number of fused-ring (bicyclic) bond motifs is 1. The lowest BCUT2D eigenvalue weighted by molar-refractivity contribution is 0.351. The molecule has 1 aromatic heterocycles. The van der Waals surface area contributed by atoms with E-state index in [0.717, 1.165) is 5.56 Å². The molecule has 2 aromatic carbocycles. The second-order valence-electron chi connectivity index (χ2n) is 4.09. The van der Waals surface area contributed by atoms with Crippen LogP contribution in [0.15, 0.2) is 36.4 Å². The Morgan fingerprint density at radius 1 is 1.06 bits per heavy atom. The number of hydrogen-bond acceptors (Lipinski definition) is 2. The van der Waals surface area contributed by atoms with Crippen molar-refractivity contribution < 1.29 is 5.11 Å². The molecule has 0 aliphatic heterocycles. The van der Waals surface area contributed by atoms with E-state index in [-0.39, 0.29) is 5.75 Å². The Balaban J connectivity index is 2.22. The van der Waals surface area contributed by atoms with Crippen molar-refractivity contribution in [2.75, 3.05) is 0 Å². The van der Waals surface area contributed by atoms with Crippen molar-refractivity contribution in [3.8, 4) is 11.4 Å². The maximum absolute atomic E-state index is 11.8. The van der Waals surface area contributed by atoms with E-state index in [1.54, 1.807) is 30.3 Å². The van der Waals surface area contributed by atoms with Gasteiger partial charge >= 0.3 is 0 Å². The van der Waals surface area contributed by atoms with Crippen molar-refractivity contribution in [3.63, 3.8) is 0 Å². The second-order valence-corrected chi connectivity index (χ2v) is 4.53. The van der Waals surface area contributed by atoms with Crippen molar-refractivity contribution in [1.29, 1.82) is 0 Å². The van der Waals surface area contributed by atoms with Gasteiger partial charge < -0.3 is 0 Å². The van der Waals surface area contributed by atoms with E-state index in [1.807, 2.05) is 6.92 Å². The largest absolute Gasteiger partial charge is 0.287 e. The van der Waals surface area contributed by atoms with Crippen LogP contribution in [0.3, 0.4) is 0 Å². The van der Waals surface area contributed by atoms with Crippen molar-refractivity contribution in [2.24, 2.45) is 0 Å². The summed E-state index contributed by atoms with van der Waals surface area (Å²) < 4.78 is 0. The summed E-state index contributed by atoms with van der Waals surface area (Å²) in [5.41, 5.74) is 2.81. The average molecular weight is 259 g/mol. The van der Waals surface area contributed by atoms with Gasteiger partial charge in [0.15, 0.2) is 0 Å². The summed E-state index contributed by atoms with van der Waals surface area (Å²) in [6.07, 6.45) is 0. The predicted octanol–water partition coefficient (Wildman–Crippen LogP) is 3.53. The molecule has 4 nitrogen and oxygen atoms in total. The van der Waals surface area contributed by atoms with Crippen LogP contribution in [0.25, 0.3) is 16.7 Å².